The quantitative estimate of drug-likeness (QED) is 0.0451. The fourth-order valence-electron chi connectivity index (χ4n) is 10.3. The van der Waals surface area contributed by atoms with E-state index in [4.69, 9.17) is 28.9 Å². The Kier molecular flexibility index (Phi) is 14.9. The van der Waals surface area contributed by atoms with Gasteiger partial charge in [0.15, 0.2) is 0 Å². The third kappa shape index (κ3) is 9.83. The number of aliphatic hydroxyl groups is 2. The van der Waals surface area contributed by atoms with Gasteiger partial charge in [0.2, 0.25) is 5.79 Å². The van der Waals surface area contributed by atoms with Gasteiger partial charge in [-0.25, -0.2) is 9.18 Å². The maximum Gasteiger partial charge on any atom is 0.410 e. The summed E-state index contributed by atoms with van der Waals surface area (Å²) in [5.41, 5.74) is 4.80. The molecule has 0 saturated heterocycles. The van der Waals surface area contributed by atoms with Crippen LogP contribution < -0.4 is 9.47 Å². The van der Waals surface area contributed by atoms with Crippen LogP contribution in [0.2, 0.25) is 0 Å². The maximum atomic E-state index is 14.8. The number of carbonyl (C=O) groups is 1. The number of nitrogens with zero attached hydrogens (tertiary/aromatic N) is 2. The highest BCUT2D eigenvalue weighted by Gasteiger charge is 2.65. The molecule has 65 heavy (non-hydrogen) atoms. The van der Waals surface area contributed by atoms with Crippen molar-refractivity contribution in [2.24, 2.45) is 22.9 Å². The predicted molar refractivity (Wildman–Crippen MR) is 249 cm³/mol. The number of methoxy groups -OCH3 is 1. The van der Waals surface area contributed by atoms with E-state index in [-0.39, 0.29) is 69.6 Å². The highest BCUT2D eigenvalue weighted by atomic mass is 19.1. The molecule has 3 aliphatic rings. The van der Waals surface area contributed by atoms with Gasteiger partial charge in [-0.05, 0) is 89.3 Å². The molecule has 6 atom stereocenters. The van der Waals surface area contributed by atoms with E-state index >= 15 is 0 Å². The zero-order valence-corrected chi connectivity index (χ0v) is 37.0. The summed E-state index contributed by atoms with van der Waals surface area (Å²) in [5, 5.41) is 27.0. The van der Waals surface area contributed by atoms with E-state index in [1.165, 1.54) is 13.2 Å². The standard InChI is InChI=1S/C54H59FN2O8/c1-3-30-63-54-50(57(53(60)61-2)34-40-22-15-21-38-18-7-9-23-43(38)40)33-48(56-64-35-37-16-5-4-6-17-37)45-31-39(19-11-13-28-58)44(24-12-14-29-59)51(52(45)54)46-32-42(26-27-49(46)65-54)62-36-41-20-8-10-25-47(41)55/h3-10,15-18,20-23,25-27,31-32,39,44,50-52,58-59H,1,11-14,19,24,28-30,33-36H2,2H3. The predicted octanol–water partition coefficient (Wildman–Crippen LogP) is 10.7. The fraction of sp³-hybridized carbons (Fsp3) is 0.370. The number of halogens is 1. The first-order valence-corrected chi connectivity index (χ1v) is 22.8. The summed E-state index contributed by atoms with van der Waals surface area (Å²) in [6, 6.07) is 35.5. The molecule has 1 fully saturated rings. The number of hydrogen-bond donors (Lipinski definition) is 2. The minimum atomic E-state index is -1.49. The van der Waals surface area contributed by atoms with Crippen LogP contribution in [0.5, 0.6) is 11.5 Å². The summed E-state index contributed by atoms with van der Waals surface area (Å²) in [6.45, 7) is 4.76. The summed E-state index contributed by atoms with van der Waals surface area (Å²) < 4.78 is 41.4. The van der Waals surface area contributed by atoms with Gasteiger partial charge < -0.3 is 34.0 Å². The number of hydrogen-bond acceptors (Lipinski definition) is 9. The van der Waals surface area contributed by atoms with Crippen LogP contribution in [0.3, 0.4) is 0 Å². The Morgan fingerprint density at radius 3 is 2.42 bits per heavy atom. The number of carbonyl (C=O) groups excluding carboxylic acids is 1. The van der Waals surface area contributed by atoms with Crippen LogP contribution in [0.25, 0.3) is 10.8 Å². The van der Waals surface area contributed by atoms with E-state index in [9.17, 15) is 19.4 Å². The molecule has 2 aliphatic carbocycles. The fourth-order valence-corrected chi connectivity index (χ4v) is 10.3. The maximum absolute atomic E-state index is 14.8. The van der Waals surface area contributed by atoms with Crippen LogP contribution in [0, 0.1) is 23.6 Å². The Balaban J connectivity index is 1.33. The average Bonchev–Trinajstić information content (AvgIpc) is 3.33. The molecule has 6 unspecified atom stereocenters. The van der Waals surface area contributed by atoms with E-state index < -0.39 is 23.8 Å². The van der Waals surface area contributed by atoms with Crippen LogP contribution >= 0.6 is 0 Å². The first-order valence-electron chi connectivity index (χ1n) is 22.8. The Hall–Kier alpha value is -6.01. The van der Waals surface area contributed by atoms with Gasteiger partial charge in [0, 0.05) is 36.7 Å². The lowest BCUT2D eigenvalue weighted by Crippen LogP contribution is -2.70. The van der Waals surface area contributed by atoms with E-state index in [0.29, 0.717) is 35.6 Å². The number of fused-ring (bicyclic) bond motifs is 3. The first kappa shape index (κ1) is 45.6. The molecule has 0 bridgehead atoms. The monoisotopic (exact) mass is 882 g/mol. The number of amides is 1. The zero-order chi connectivity index (χ0) is 45.2. The van der Waals surface area contributed by atoms with Gasteiger partial charge in [0.05, 0.1) is 31.9 Å². The third-order valence-corrected chi connectivity index (χ3v) is 13.3. The molecular formula is C54H59FN2O8. The Morgan fingerprint density at radius 2 is 1.63 bits per heavy atom. The summed E-state index contributed by atoms with van der Waals surface area (Å²) in [6.07, 6.45) is 8.08. The van der Waals surface area contributed by atoms with Crippen molar-refractivity contribution in [1.29, 1.82) is 0 Å². The molecule has 5 aromatic rings. The van der Waals surface area contributed by atoms with Gasteiger partial charge in [-0.3, -0.25) is 4.90 Å². The van der Waals surface area contributed by atoms with Gasteiger partial charge in [0.1, 0.15) is 36.6 Å². The number of allylic oxidation sites excluding steroid dienone is 1. The molecule has 340 valence electrons. The highest BCUT2D eigenvalue weighted by molar-refractivity contribution is 6.03. The Bertz CT molecular complexity index is 2470. The number of oxime groups is 1. The molecule has 0 aromatic heterocycles. The second-order valence-corrected chi connectivity index (χ2v) is 17.1. The molecule has 11 heteroatoms. The van der Waals surface area contributed by atoms with Crippen molar-refractivity contribution in [1.82, 2.24) is 4.90 Å². The second kappa shape index (κ2) is 21.3. The number of aliphatic hydroxyl groups excluding tert-OH is 2. The largest absolute Gasteiger partial charge is 0.489 e. The van der Waals surface area contributed by atoms with Gasteiger partial charge in [0.25, 0.3) is 0 Å². The Labute approximate surface area is 380 Å². The van der Waals surface area contributed by atoms with Gasteiger partial charge in [-0.15, -0.1) is 6.58 Å². The number of unbranched alkanes of at least 4 members (excludes halogenated alkanes) is 2. The third-order valence-electron chi connectivity index (χ3n) is 13.3. The minimum Gasteiger partial charge on any atom is -0.489 e. The molecule has 1 aliphatic heterocycles. The zero-order valence-electron chi connectivity index (χ0n) is 37.0. The molecule has 1 saturated carbocycles. The molecule has 10 nitrogen and oxygen atoms in total. The molecular weight excluding hydrogens is 824 g/mol. The van der Waals surface area contributed by atoms with Crippen LogP contribution in [0.1, 0.15) is 73.1 Å². The van der Waals surface area contributed by atoms with Crippen molar-refractivity contribution in [2.75, 3.05) is 26.9 Å². The molecule has 5 aromatic carbocycles. The van der Waals surface area contributed by atoms with E-state index in [1.54, 1.807) is 29.2 Å². The second-order valence-electron chi connectivity index (χ2n) is 17.1. The SMILES string of the molecule is C=CCOC12Oc3ccc(OCc4ccccc4F)cc3C3C(CCCCO)C(CCCCO)C=C(C(=NOCc4ccccc4)CC1N(Cc1cccc4ccccc14)C(=O)OC)C32. The van der Waals surface area contributed by atoms with Crippen molar-refractivity contribution in [3.8, 4) is 11.5 Å². The lowest BCUT2D eigenvalue weighted by Gasteiger charge is -2.59. The van der Waals surface area contributed by atoms with E-state index in [2.05, 4.69) is 30.9 Å². The van der Waals surface area contributed by atoms with Gasteiger partial charge in [-0.2, -0.15) is 0 Å². The summed E-state index contributed by atoms with van der Waals surface area (Å²) in [4.78, 5) is 22.5. The summed E-state index contributed by atoms with van der Waals surface area (Å²) in [5.74, 6) is -1.49. The molecule has 2 N–H and O–H groups in total. The van der Waals surface area contributed by atoms with Crippen molar-refractivity contribution < 1.29 is 43.2 Å². The highest BCUT2D eigenvalue weighted by Crippen LogP contribution is 2.62. The summed E-state index contributed by atoms with van der Waals surface area (Å²) in [7, 11) is 1.39. The molecule has 8 rings (SSSR count). The lowest BCUT2D eigenvalue weighted by atomic mass is 9.55. The van der Waals surface area contributed by atoms with Gasteiger partial charge >= 0.3 is 6.09 Å². The smallest absolute Gasteiger partial charge is 0.410 e. The lowest BCUT2D eigenvalue weighted by molar-refractivity contribution is -0.256. The number of ether oxygens (including phenoxy) is 4. The molecule has 0 radical (unpaired) electrons. The average molecular weight is 883 g/mol. The van der Waals surface area contributed by atoms with E-state index in [1.807, 2.05) is 72.8 Å². The summed E-state index contributed by atoms with van der Waals surface area (Å²) >= 11 is 0. The van der Waals surface area contributed by atoms with Gasteiger partial charge in [-0.1, -0.05) is 121 Å². The topological polar surface area (TPSA) is 119 Å². The number of benzene rings is 5. The first-order chi connectivity index (χ1) is 31.9. The van der Waals surface area contributed by atoms with Crippen molar-refractivity contribution in [2.45, 2.75) is 82.5 Å². The van der Waals surface area contributed by atoms with Crippen molar-refractivity contribution in [3.05, 3.63) is 168 Å². The van der Waals surface area contributed by atoms with Crippen LogP contribution in [-0.4, -0.2) is 65.7 Å². The van der Waals surface area contributed by atoms with E-state index in [0.717, 1.165) is 58.7 Å². The molecule has 1 amide bonds. The Morgan fingerprint density at radius 1 is 0.892 bits per heavy atom. The molecule has 1 heterocycles. The van der Waals surface area contributed by atoms with Crippen LogP contribution in [0.15, 0.2) is 145 Å². The number of rotatable bonds is 20. The van der Waals surface area contributed by atoms with Crippen molar-refractivity contribution >= 4 is 22.6 Å². The van der Waals surface area contributed by atoms with Crippen LogP contribution in [-0.2, 0) is 34.1 Å². The minimum absolute atomic E-state index is 0.0000440. The normalized spacial score (nSPS) is 22.6. The van der Waals surface area contributed by atoms with Crippen LogP contribution in [0.4, 0.5) is 9.18 Å². The van der Waals surface area contributed by atoms with Crippen molar-refractivity contribution in [3.63, 3.8) is 0 Å². The molecule has 0 spiro atoms.